The van der Waals surface area contributed by atoms with Gasteiger partial charge in [0.1, 0.15) is 0 Å². The second kappa shape index (κ2) is 8.18. The van der Waals surface area contributed by atoms with Crippen molar-refractivity contribution in [2.75, 3.05) is 0 Å². The van der Waals surface area contributed by atoms with Crippen molar-refractivity contribution in [2.24, 2.45) is 0 Å². The number of nitrogens with zero attached hydrogens (tertiary/aromatic N) is 3. The van der Waals surface area contributed by atoms with Crippen LogP contribution in [0.15, 0.2) is 48.5 Å². The molecule has 8 nitrogen and oxygen atoms in total. The second-order valence-corrected chi connectivity index (χ2v) is 6.69. The summed E-state index contributed by atoms with van der Waals surface area (Å²) >= 11 is 5.89. The fraction of sp³-hybridized carbons (Fsp3) is 0.211. The Labute approximate surface area is 165 Å². The number of imide groups is 1. The summed E-state index contributed by atoms with van der Waals surface area (Å²) in [7, 11) is 0. The highest BCUT2D eigenvalue weighted by molar-refractivity contribution is 6.30. The van der Waals surface area contributed by atoms with Crippen LogP contribution < -0.4 is 0 Å². The minimum Gasteiger partial charge on any atom is -0.273 e. The first-order valence-corrected chi connectivity index (χ1v) is 8.91. The van der Waals surface area contributed by atoms with Gasteiger partial charge in [0.2, 0.25) is 11.8 Å². The summed E-state index contributed by atoms with van der Waals surface area (Å²) in [4.78, 5) is 48.3. The minimum absolute atomic E-state index is 0.00865. The number of rotatable bonds is 5. The van der Waals surface area contributed by atoms with Gasteiger partial charge in [-0.25, -0.2) is 5.01 Å². The van der Waals surface area contributed by atoms with Crippen LogP contribution in [-0.2, 0) is 16.1 Å². The van der Waals surface area contributed by atoms with Crippen LogP contribution in [0.4, 0.5) is 5.69 Å². The van der Waals surface area contributed by atoms with Crippen molar-refractivity contribution in [1.29, 1.82) is 0 Å². The van der Waals surface area contributed by atoms with E-state index in [9.17, 15) is 24.5 Å². The number of non-ortho nitro benzene ring substituents is 1. The lowest BCUT2D eigenvalue weighted by Gasteiger charge is -2.35. The van der Waals surface area contributed by atoms with Gasteiger partial charge in [-0.15, -0.1) is 0 Å². The number of benzene rings is 2. The first kappa shape index (κ1) is 19.5. The maximum absolute atomic E-state index is 13.1. The number of hydrogen-bond acceptors (Lipinski definition) is 5. The first-order chi connectivity index (χ1) is 13.4. The third kappa shape index (κ3) is 4.17. The van der Waals surface area contributed by atoms with E-state index < -0.39 is 22.6 Å². The van der Waals surface area contributed by atoms with Crippen molar-refractivity contribution in [3.05, 3.63) is 74.8 Å². The van der Waals surface area contributed by atoms with Gasteiger partial charge in [0.15, 0.2) is 0 Å². The molecule has 1 heterocycles. The zero-order valence-electron chi connectivity index (χ0n) is 14.7. The van der Waals surface area contributed by atoms with Crippen molar-refractivity contribution < 1.29 is 19.3 Å². The molecule has 28 heavy (non-hydrogen) atoms. The Kier molecular flexibility index (Phi) is 5.70. The molecule has 0 bridgehead atoms. The van der Waals surface area contributed by atoms with Crippen molar-refractivity contribution in [2.45, 2.75) is 25.8 Å². The summed E-state index contributed by atoms with van der Waals surface area (Å²) in [5, 5.41) is 13.4. The predicted octanol–water partition coefficient (Wildman–Crippen LogP) is 3.34. The molecular weight excluding hydrogens is 386 g/mol. The number of hydrogen-bond donors (Lipinski definition) is 0. The molecule has 0 N–H and O–H groups in total. The molecule has 0 spiro atoms. The lowest BCUT2D eigenvalue weighted by Crippen LogP contribution is -2.54. The predicted molar refractivity (Wildman–Crippen MR) is 100 cm³/mol. The van der Waals surface area contributed by atoms with Crippen molar-refractivity contribution in [1.82, 2.24) is 10.0 Å². The molecule has 0 atom stereocenters. The number of nitro groups is 1. The van der Waals surface area contributed by atoms with Crippen LogP contribution in [0.5, 0.6) is 0 Å². The molecule has 1 saturated heterocycles. The number of amides is 3. The average Bonchev–Trinajstić information content (AvgIpc) is 2.68. The standard InChI is InChI=1S/C19H16ClN3O5/c20-15-9-7-13(8-10-15)12-21(22-17(24)5-2-6-18(22)25)19(26)14-3-1-4-16(11-14)23(27)28/h1,3-4,7-11H,2,5-6,12H2. The molecule has 0 unspecified atom stereocenters. The summed E-state index contributed by atoms with van der Waals surface area (Å²) in [5.74, 6) is -1.64. The van der Waals surface area contributed by atoms with Crippen LogP contribution in [-0.4, -0.2) is 32.7 Å². The van der Waals surface area contributed by atoms with Gasteiger partial charge in [-0.1, -0.05) is 29.8 Å². The quantitative estimate of drug-likeness (QED) is 0.434. The average molecular weight is 402 g/mol. The molecule has 9 heteroatoms. The Hall–Kier alpha value is -3.26. The fourth-order valence-corrected chi connectivity index (χ4v) is 3.03. The van der Waals surface area contributed by atoms with Crippen molar-refractivity contribution in [3.63, 3.8) is 0 Å². The number of piperidine rings is 1. The Bertz CT molecular complexity index is 929. The molecule has 1 fully saturated rings. The topological polar surface area (TPSA) is 101 Å². The van der Waals surface area contributed by atoms with Crippen molar-refractivity contribution in [3.8, 4) is 0 Å². The van der Waals surface area contributed by atoms with E-state index in [1.54, 1.807) is 24.3 Å². The Morgan fingerprint density at radius 3 is 2.36 bits per heavy atom. The zero-order chi connectivity index (χ0) is 20.3. The molecular formula is C19H16ClN3O5. The molecule has 3 rings (SSSR count). The highest BCUT2D eigenvalue weighted by Crippen LogP contribution is 2.22. The molecule has 0 aromatic heterocycles. The highest BCUT2D eigenvalue weighted by atomic mass is 35.5. The van der Waals surface area contributed by atoms with Gasteiger partial charge in [0.05, 0.1) is 11.5 Å². The molecule has 3 amide bonds. The van der Waals surface area contributed by atoms with E-state index >= 15 is 0 Å². The first-order valence-electron chi connectivity index (χ1n) is 8.53. The zero-order valence-corrected chi connectivity index (χ0v) is 15.5. The van der Waals surface area contributed by atoms with Gasteiger partial charge >= 0.3 is 0 Å². The van der Waals surface area contributed by atoms with Gasteiger partial charge < -0.3 is 0 Å². The van der Waals surface area contributed by atoms with Gasteiger partial charge in [0.25, 0.3) is 11.6 Å². The van der Waals surface area contributed by atoms with Gasteiger partial charge in [-0.2, -0.15) is 5.01 Å². The van der Waals surface area contributed by atoms with E-state index in [4.69, 9.17) is 11.6 Å². The maximum Gasteiger partial charge on any atom is 0.273 e. The van der Waals surface area contributed by atoms with Crippen LogP contribution in [0, 0.1) is 10.1 Å². The molecule has 2 aromatic rings. The van der Waals surface area contributed by atoms with E-state index in [0.29, 0.717) is 17.0 Å². The largest absolute Gasteiger partial charge is 0.273 e. The number of hydrazine groups is 1. The number of nitro benzene ring substituents is 1. The molecule has 1 aliphatic rings. The van der Waals surface area contributed by atoms with Gasteiger partial charge in [-0.3, -0.25) is 24.5 Å². The summed E-state index contributed by atoms with van der Waals surface area (Å²) in [6.45, 7) is -0.0594. The van der Waals surface area contributed by atoms with Gasteiger partial charge in [-0.05, 0) is 30.2 Å². The third-order valence-electron chi connectivity index (χ3n) is 4.28. The Morgan fingerprint density at radius 1 is 1.11 bits per heavy atom. The molecule has 2 aromatic carbocycles. The number of halogens is 1. The molecule has 0 radical (unpaired) electrons. The number of carbonyl (C=O) groups excluding carboxylic acids is 3. The normalized spacial score (nSPS) is 14.1. The molecule has 1 aliphatic heterocycles. The Morgan fingerprint density at radius 2 is 1.75 bits per heavy atom. The van der Waals surface area contributed by atoms with Crippen LogP contribution in [0.3, 0.4) is 0 Å². The lowest BCUT2D eigenvalue weighted by molar-refractivity contribution is -0.384. The summed E-state index contributed by atoms with van der Waals surface area (Å²) < 4.78 is 0. The summed E-state index contributed by atoms with van der Waals surface area (Å²) in [5.41, 5.74) is 0.400. The summed E-state index contributed by atoms with van der Waals surface area (Å²) in [6.07, 6.45) is 0.712. The van der Waals surface area contributed by atoms with E-state index in [2.05, 4.69) is 0 Å². The van der Waals surface area contributed by atoms with E-state index in [0.717, 1.165) is 16.1 Å². The maximum atomic E-state index is 13.1. The lowest BCUT2D eigenvalue weighted by atomic mass is 10.1. The molecule has 0 aliphatic carbocycles. The Balaban J connectivity index is 1.99. The molecule has 0 saturated carbocycles. The van der Waals surface area contributed by atoms with Crippen LogP contribution in [0.2, 0.25) is 5.02 Å². The van der Waals surface area contributed by atoms with Gasteiger partial charge in [0, 0.05) is 35.6 Å². The minimum atomic E-state index is -0.678. The van der Waals surface area contributed by atoms with E-state index in [1.165, 1.54) is 18.2 Å². The fourth-order valence-electron chi connectivity index (χ4n) is 2.91. The van der Waals surface area contributed by atoms with Crippen LogP contribution in [0.1, 0.15) is 35.2 Å². The highest BCUT2D eigenvalue weighted by Gasteiger charge is 2.35. The monoisotopic (exact) mass is 401 g/mol. The van der Waals surface area contributed by atoms with Crippen LogP contribution >= 0.6 is 11.6 Å². The summed E-state index contributed by atoms with van der Waals surface area (Å²) in [6, 6.07) is 11.8. The molecule has 144 valence electrons. The number of carbonyl (C=O) groups is 3. The second-order valence-electron chi connectivity index (χ2n) is 6.25. The smallest absolute Gasteiger partial charge is 0.273 e. The van der Waals surface area contributed by atoms with E-state index in [1.807, 2.05) is 0 Å². The third-order valence-corrected chi connectivity index (χ3v) is 4.53. The van der Waals surface area contributed by atoms with E-state index in [-0.39, 0.29) is 30.6 Å². The SMILES string of the molecule is O=C(c1cccc([N+](=O)[O-])c1)N(Cc1ccc(Cl)cc1)N1C(=O)CCCC1=O. The van der Waals surface area contributed by atoms with Crippen LogP contribution in [0.25, 0.3) is 0 Å². The van der Waals surface area contributed by atoms with Crippen molar-refractivity contribution >= 4 is 35.0 Å².